The monoisotopic (exact) mass is 576 g/mol. The number of carbonyl (C=O) groups is 2. The molecular weight excluding hydrogens is 536 g/mol. The molecule has 214 valence electrons. The van der Waals surface area contributed by atoms with E-state index in [0.29, 0.717) is 4.90 Å². The normalized spacial score (nSPS) is 13.2. The number of esters is 2. The Kier molecular flexibility index (Phi) is 11.1. The van der Waals surface area contributed by atoms with Gasteiger partial charge in [-0.25, -0.2) is 4.21 Å². The van der Waals surface area contributed by atoms with E-state index in [2.05, 4.69) is 0 Å². The van der Waals surface area contributed by atoms with Crippen molar-refractivity contribution in [2.75, 3.05) is 13.2 Å². The summed E-state index contributed by atoms with van der Waals surface area (Å²) >= 11 is 0. The van der Waals surface area contributed by atoms with Gasteiger partial charge >= 0.3 is 11.9 Å². The molecule has 10 heteroatoms. The largest absolute Gasteiger partial charge is 0.539 e. The predicted molar refractivity (Wildman–Crippen MR) is 154 cm³/mol. The number of benzene rings is 1. The van der Waals surface area contributed by atoms with Crippen molar-refractivity contribution < 1.29 is 32.1 Å². The molecule has 1 aromatic heterocycles. The minimum absolute atomic E-state index is 0.0189. The Bertz CT molecular complexity index is 1240. The van der Waals surface area contributed by atoms with Crippen molar-refractivity contribution in [3.8, 4) is 5.75 Å². The quantitative estimate of drug-likeness (QED) is 0.180. The lowest BCUT2D eigenvalue weighted by molar-refractivity contribution is -0.172. The second-order valence-electron chi connectivity index (χ2n) is 10.8. The molecular formula is C29H40O8SSi. The standard InChI is InChI=1S/C29H40O8SSi/c1-9-34-26(31)29(27(32)35-10-2,17-11-19-38(33)22-14-12-21(3)13-15-22)20-24-25(23(30)16-18-36-24)37-39(7,8)28(4,5)6/h11-16,18-19H,9-10,17,20H2,1-8H3/b19-11+/t38-/m1/s1. The van der Waals surface area contributed by atoms with Gasteiger partial charge in [-0.3, -0.25) is 14.4 Å². The van der Waals surface area contributed by atoms with Crippen molar-refractivity contribution >= 4 is 31.1 Å². The fourth-order valence-corrected chi connectivity index (χ4v) is 5.31. The number of aryl methyl sites for hydroxylation is 1. The Morgan fingerprint density at radius 1 is 1.00 bits per heavy atom. The average Bonchev–Trinajstić information content (AvgIpc) is 2.85. The van der Waals surface area contributed by atoms with Crippen LogP contribution in [0.2, 0.25) is 18.1 Å². The number of hydrogen-bond donors (Lipinski definition) is 0. The van der Waals surface area contributed by atoms with Gasteiger partial charge in [-0.1, -0.05) is 44.5 Å². The van der Waals surface area contributed by atoms with Crippen LogP contribution in [0.4, 0.5) is 0 Å². The van der Waals surface area contributed by atoms with Crippen molar-refractivity contribution in [2.45, 2.75) is 77.4 Å². The first-order valence-electron chi connectivity index (χ1n) is 13.0. The van der Waals surface area contributed by atoms with Crippen LogP contribution < -0.4 is 9.85 Å². The molecule has 0 saturated carbocycles. The van der Waals surface area contributed by atoms with Crippen LogP contribution in [0.3, 0.4) is 0 Å². The molecule has 0 aliphatic rings. The molecule has 0 aliphatic heterocycles. The maximum atomic E-state index is 13.4. The summed E-state index contributed by atoms with van der Waals surface area (Å²) in [6, 6.07) is 8.45. The van der Waals surface area contributed by atoms with Crippen molar-refractivity contribution in [1.82, 2.24) is 0 Å². The Morgan fingerprint density at radius 2 is 1.56 bits per heavy atom. The molecule has 1 atom stereocenters. The van der Waals surface area contributed by atoms with E-state index < -0.39 is 41.9 Å². The molecule has 0 saturated heterocycles. The van der Waals surface area contributed by atoms with E-state index in [1.165, 1.54) is 23.8 Å². The average molecular weight is 577 g/mol. The molecule has 0 N–H and O–H groups in total. The highest BCUT2D eigenvalue weighted by atomic mass is 32.2. The second kappa shape index (κ2) is 13.4. The zero-order valence-electron chi connectivity index (χ0n) is 24.1. The molecule has 8 nitrogen and oxygen atoms in total. The molecule has 0 amide bonds. The highest BCUT2D eigenvalue weighted by Crippen LogP contribution is 2.39. The van der Waals surface area contributed by atoms with Crippen LogP contribution in [-0.2, 0) is 36.3 Å². The van der Waals surface area contributed by atoms with Gasteiger partial charge in [0.05, 0.1) is 30.3 Å². The third-order valence-electron chi connectivity index (χ3n) is 6.80. The van der Waals surface area contributed by atoms with Crippen LogP contribution >= 0.6 is 0 Å². The van der Waals surface area contributed by atoms with Crippen LogP contribution in [0.5, 0.6) is 5.75 Å². The Balaban J connectivity index is 2.59. The van der Waals surface area contributed by atoms with Crippen LogP contribution in [0.15, 0.2) is 62.2 Å². The van der Waals surface area contributed by atoms with E-state index >= 15 is 0 Å². The van der Waals surface area contributed by atoms with Gasteiger partial charge in [0.25, 0.3) is 8.32 Å². The number of hydrogen-bond acceptors (Lipinski definition) is 8. The molecule has 0 radical (unpaired) electrons. The van der Waals surface area contributed by atoms with E-state index in [9.17, 15) is 18.6 Å². The zero-order valence-corrected chi connectivity index (χ0v) is 25.9. The van der Waals surface area contributed by atoms with Crippen molar-refractivity contribution in [3.63, 3.8) is 0 Å². The third-order valence-corrected chi connectivity index (χ3v) is 12.3. The zero-order chi connectivity index (χ0) is 29.4. The SMILES string of the molecule is CCOC(=O)C(C/C=C/[S@@](=O)c1ccc(C)cc1)(Cc1occc(=O)c1O[Si](C)(C)C(C)(C)C)C(=O)OCC. The van der Waals surface area contributed by atoms with E-state index in [0.717, 1.165) is 5.56 Å². The smallest absolute Gasteiger partial charge is 0.324 e. The number of ether oxygens (including phenoxy) is 2. The number of carbonyl (C=O) groups excluding carboxylic acids is 2. The summed E-state index contributed by atoms with van der Waals surface area (Å²) in [7, 11) is -4.01. The minimum atomic E-state index is -2.50. The topological polar surface area (TPSA) is 109 Å². The summed E-state index contributed by atoms with van der Waals surface area (Å²) in [5, 5.41) is 1.20. The molecule has 0 bridgehead atoms. The van der Waals surface area contributed by atoms with Gasteiger partial charge in [-0.2, -0.15) is 0 Å². The van der Waals surface area contributed by atoms with Gasteiger partial charge in [-0.15, -0.1) is 0 Å². The van der Waals surface area contributed by atoms with Gasteiger partial charge < -0.3 is 18.3 Å². The first kappa shape index (κ1) is 32.2. The highest BCUT2D eigenvalue weighted by molar-refractivity contribution is 7.88. The fraction of sp³-hybridized carbons (Fsp3) is 0.483. The number of allylic oxidation sites excluding steroid dienone is 1. The lowest BCUT2D eigenvalue weighted by Crippen LogP contribution is -2.46. The first-order valence-corrected chi connectivity index (χ1v) is 17.1. The van der Waals surface area contributed by atoms with Crippen molar-refractivity contribution in [1.29, 1.82) is 0 Å². The number of rotatable bonds is 12. The second-order valence-corrected chi connectivity index (χ2v) is 16.8. The summed E-state index contributed by atoms with van der Waals surface area (Å²) in [4.78, 5) is 40.4. The lowest BCUT2D eigenvalue weighted by Gasteiger charge is -2.36. The van der Waals surface area contributed by atoms with Gasteiger partial charge in [0.2, 0.25) is 5.43 Å². The highest BCUT2D eigenvalue weighted by Gasteiger charge is 2.50. The van der Waals surface area contributed by atoms with Crippen LogP contribution in [0.1, 0.15) is 52.4 Å². The van der Waals surface area contributed by atoms with E-state index in [1.807, 2.05) is 52.9 Å². The van der Waals surface area contributed by atoms with Gasteiger partial charge in [0.15, 0.2) is 11.2 Å². The van der Waals surface area contributed by atoms with Crippen LogP contribution in [-0.4, -0.2) is 37.7 Å². The fourth-order valence-electron chi connectivity index (χ4n) is 3.45. The van der Waals surface area contributed by atoms with E-state index in [1.54, 1.807) is 26.0 Å². The molecule has 2 rings (SSSR count). The first-order chi connectivity index (χ1) is 18.2. The Morgan fingerprint density at radius 3 is 2.08 bits per heavy atom. The summed E-state index contributed by atoms with van der Waals surface area (Å²) in [5.74, 6) is -1.66. The molecule has 39 heavy (non-hydrogen) atoms. The Labute approximate surface area is 234 Å². The molecule has 0 spiro atoms. The summed E-state index contributed by atoms with van der Waals surface area (Å²) < 4.78 is 35.6. The van der Waals surface area contributed by atoms with Crippen LogP contribution in [0, 0.1) is 12.3 Å². The third kappa shape index (κ3) is 8.01. The maximum Gasteiger partial charge on any atom is 0.324 e. The molecule has 0 unspecified atom stereocenters. The van der Waals surface area contributed by atoms with Gasteiger partial charge in [-0.05, 0) is 57.5 Å². The van der Waals surface area contributed by atoms with Crippen LogP contribution in [0.25, 0.3) is 0 Å². The molecule has 2 aromatic rings. The summed E-state index contributed by atoms with van der Waals surface area (Å²) in [6.07, 6.45) is 2.17. The van der Waals surface area contributed by atoms with Gasteiger partial charge in [0, 0.05) is 22.8 Å². The lowest BCUT2D eigenvalue weighted by atomic mass is 9.79. The van der Waals surface area contributed by atoms with Crippen molar-refractivity contribution in [3.05, 3.63) is 69.6 Å². The van der Waals surface area contributed by atoms with E-state index in [-0.39, 0.29) is 42.6 Å². The van der Waals surface area contributed by atoms with Gasteiger partial charge in [0.1, 0.15) is 5.76 Å². The van der Waals surface area contributed by atoms with E-state index in [4.69, 9.17) is 18.3 Å². The molecule has 1 heterocycles. The maximum absolute atomic E-state index is 13.4. The summed E-state index contributed by atoms with van der Waals surface area (Å²) in [5.41, 5.74) is -1.29. The minimum Gasteiger partial charge on any atom is -0.539 e. The van der Waals surface area contributed by atoms with Crippen molar-refractivity contribution in [2.24, 2.45) is 5.41 Å². The predicted octanol–water partition coefficient (Wildman–Crippen LogP) is 5.70. The summed E-state index contributed by atoms with van der Waals surface area (Å²) in [6.45, 7) is 15.3. The molecule has 0 aliphatic carbocycles. The molecule has 0 fully saturated rings. The molecule has 1 aromatic carbocycles. The Hall–Kier alpha value is -2.98.